The zero-order valence-corrected chi connectivity index (χ0v) is 17.3. The summed E-state index contributed by atoms with van der Waals surface area (Å²) < 4.78 is 16.9. The molecule has 2 aliphatic rings. The predicted molar refractivity (Wildman–Crippen MR) is 112 cm³/mol. The lowest BCUT2D eigenvalue weighted by Crippen LogP contribution is -2.44. The number of benzene rings is 1. The number of hydrogen-bond donors (Lipinski definition) is 2. The summed E-state index contributed by atoms with van der Waals surface area (Å²) in [6.45, 7) is 5.07. The molecular formula is C18H24Cl2FN5O2. The van der Waals surface area contributed by atoms with Gasteiger partial charge in [-0.15, -0.1) is 12.4 Å². The first-order chi connectivity index (χ1) is 12.6. The first-order valence-electron chi connectivity index (χ1n) is 9.09. The van der Waals surface area contributed by atoms with Crippen molar-refractivity contribution in [2.24, 2.45) is 11.7 Å². The van der Waals surface area contributed by atoms with Gasteiger partial charge < -0.3 is 16.5 Å². The summed E-state index contributed by atoms with van der Waals surface area (Å²) >= 11 is 6.60. The van der Waals surface area contributed by atoms with Gasteiger partial charge in [0, 0.05) is 24.7 Å². The van der Waals surface area contributed by atoms with Crippen molar-refractivity contribution in [1.82, 2.24) is 9.24 Å². The highest BCUT2D eigenvalue weighted by Gasteiger charge is 2.36. The molecule has 4 N–H and O–H groups in total. The third kappa shape index (κ3) is 3.17. The van der Waals surface area contributed by atoms with E-state index in [1.165, 1.54) is 4.57 Å². The number of hydrogen-bond acceptors (Lipinski definition) is 5. The number of nitrogens with zero attached hydrogens (tertiary/aromatic N) is 3. The fourth-order valence-corrected chi connectivity index (χ4v) is 4.36. The van der Waals surface area contributed by atoms with Crippen molar-refractivity contribution in [2.45, 2.75) is 44.7 Å². The number of nitrogen functional groups attached to an aromatic ring is 1. The molecule has 0 amide bonds. The van der Waals surface area contributed by atoms with E-state index in [1.54, 1.807) is 0 Å². The average Bonchev–Trinajstić information content (AvgIpc) is 3.29. The molecule has 4 rings (SSSR count). The van der Waals surface area contributed by atoms with E-state index >= 15 is 0 Å². The molecule has 28 heavy (non-hydrogen) atoms. The predicted octanol–water partition coefficient (Wildman–Crippen LogP) is 1.99. The fraction of sp³-hybridized carbons (Fsp3) is 0.556. The summed E-state index contributed by atoms with van der Waals surface area (Å²) in [5.41, 5.74) is 4.94. The highest BCUT2D eigenvalue weighted by atomic mass is 35.5. The summed E-state index contributed by atoms with van der Waals surface area (Å²) in [5, 5.41) is 0.104. The number of nitrogens with two attached hydrogens (primary N) is 2. The van der Waals surface area contributed by atoms with Crippen LogP contribution in [0.3, 0.4) is 0 Å². The van der Waals surface area contributed by atoms with Crippen molar-refractivity contribution in [1.29, 1.82) is 0 Å². The van der Waals surface area contributed by atoms with Crippen LogP contribution in [-0.4, -0.2) is 27.9 Å². The van der Waals surface area contributed by atoms with Gasteiger partial charge in [0.05, 0.1) is 21.6 Å². The van der Waals surface area contributed by atoms with Crippen LogP contribution in [0.25, 0.3) is 10.9 Å². The molecule has 2 heterocycles. The van der Waals surface area contributed by atoms with Gasteiger partial charge in [-0.1, -0.05) is 11.6 Å². The molecule has 154 valence electrons. The summed E-state index contributed by atoms with van der Waals surface area (Å²) in [4.78, 5) is 26.8. The molecule has 1 saturated carbocycles. The van der Waals surface area contributed by atoms with E-state index in [0.717, 1.165) is 25.3 Å². The van der Waals surface area contributed by atoms with E-state index in [1.807, 2.05) is 18.7 Å². The Morgan fingerprint density at radius 3 is 2.43 bits per heavy atom. The topological polar surface area (TPSA) is 99.3 Å². The molecule has 1 aliphatic carbocycles. The van der Waals surface area contributed by atoms with Crippen LogP contribution < -0.4 is 27.7 Å². The number of anilines is 1. The fourth-order valence-electron chi connectivity index (χ4n) is 3.96. The molecule has 0 bridgehead atoms. The largest absolute Gasteiger partial charge is 0.368 e. The standard InChI is InChI=1S/C18H23ClFN5O2.ClH/c1-18(2,21)9-5-6-23(8-9)15-12(20)7-11-14(13(15)19)24(10-3-4-10)17(27)25(22)16(11)26;/h7,9-10H,3-6,8,21-22H2,1-2H3;1H. The Morgan fingerprint density at radius 1 is 1.25 bits per heavy atom. The first kappa shape index (κ1) is 21.0. The van der Waals surface area contributed by atoms with E-state index in [2.05, 4.69) is 0 Å². The van der Waals surface area contributed by atoms with Crippen LogP contribution in [0, 0.1) is 11.7 Å². The van der Waals surface area contributed by atoms with E-state index in [4.69, 9.17) is 23.2 Å². The molecule has 1 aliphatic heterocycles. The van der Waals surface area contributed by atoms with E-state index in [9.17, 15) is 14.0 Å². The molecule has 1 unspecified atom stereocenters. The minimum Gasteiger partial charge on any atom is -0.368 e. The van der Waals surface area contributed by atoms with Gasteiger partial charge in [-0.3, -0.25) is 9.36 Å². The SMILES string of the molecule is CC(C)(N)C1CCN(c2c(F)cc3c(=O)n(N)c(=O)n(C4CC4)c3c2Cl)C1.Cl. The molecule has 2 fully saturated rings. The number of halogens is 3. The molecule has 1 aromatic heterocycles. The van der Waals surface area contributed by atoms with Gasteiger partial charge >= 0.3 is 5.69 Å². The lowest BCUT2D eigenvalue weighted by atomic mass is 9.88. The molecule has 10 heteroatoms. The van der Waals surface area contributed by atoms with Crippen molar-refractivity contribution in [2.75, 3.05) is 23.8 Å². The van der Waals surface area contributed by atoms with Crippen LogP contribution in [0.2, 0.25) is 5.02 Å². The summed E-state index contributed by atoms with van der Waals surface area (Å²) in [6.07, 6.45) is 2.41. The molecular weight excluding hydrogens is 408 g/mol. The maximum Gasteiger partial charge on any atom is 0.350 e. The molecule has 1 aromatic carbocycles. The summed E-state index contributed by atoms with van der Waals surface area (Å²) in [7, 11) is 0. The number of fused-ring (bicyclic) bond motifs is 1. The Kier molecular flexibility index (Phi) is 5.19. The maximum absolute atomic E-state index is 15.0. The minimum absolute atomic E-state index is 0. The second kappa shape index (κ2) is 6.93. The highest BCUT2D eigenvalue weighted by molar-refractivity contribution is 6.38. The zero-order chi connectivity index (χ0) is 19.7. The van der Waals surface area contributed by atoms with Gasteiger partial charge in [0.25, 0.3) is 5.56 Å². The molecule has 0 radical (unpaired) electrons. The first-order valence-corrected chi connectivity index (χ1v) is 9.47. The second-order valence-corrected chi connectivity index (χ2v) is 8.61. The van der Waals surface area contributed by atoms with Crippen molar-refractivity contribution in [3.63, 3.8) is 0 Å². The lowest BCUT2D eigenvalue weighted by molar-refractivity contribution is 0.348. The van der Waals surface area contributed by atoms with Crippen LogP contribution in [0.1, 0.15) is 39.2 Å². The van der Waals surface area contributed by atoms with Crippen molar-refractivity contribution >= 4 is 40.6 Å². The quantitative estimate of drug-likeness (QED) is 0.723. The van der Waals surface area contributed by atoms with Gasteiger partial charge in [0.15, 0.2) is 0 Å². The van der Waals surface area contributed by atoms with E-state index < -0.39 is 22.6 Å². The van der Waals surface area contributed by atoms with Crippen LogP contribution >= 0.6 is 24.0 Å². The second-order valence-electron chi connectivity index (χ2n) is 8.23. The number of aromatic nitrogens is 2. The third-order valence-electron chi connectivity index (χ3n) is 5.74. The minimum atomic E-state index is -0.748. The highest BCUT2D eigenvalue weighted by Crippen LogP contribution is 2.42. The van der Waals surface area contributed by atoms with Crippen LogP contribution in [0.15, 0.2) is 15.7 Å². The monoisotopic (exact) mass is 431 g/mol. The molecule has 1 saturated heterocycles. The summed E-state index contributed by atoms with van der Waals surface area (Å²) in [5.74, 6) is 5.21. The van der Waals surface area contributed by atoms with Gasteiger partial charge in [-0.25, -0.2) is 9.18 Å². The Bertz CT molecular complexity index is 1060. The zero-order valence-electron chi connectivity index (χ0n) is 15.7. The van der Waals surface area contributed by atoms with Crippen molar-refractivity contribution in [3.05, 3.63) is 37.7 Å². The van der Waals surface area contributed by atoms with Crippen molar-refractivity contribution in [3.8, 4) is 0 Å². The Hall–Kier alpha value is -1.77. The maximum atomic E-state index is 15.0. The lowest BCUT2D eigenvalue weighted by Gasteiger charge is -2.28. The van der Waals surface area contributed by atoms with Gasteiger partial charge in [-0.05, 0) is 45.1 Å². The van der Waals surface area contributed by atoms with Crippen LogP contribution in [-0.2, 0) is 0 Å². The van der Waals surface area contributed by atoms with Crippen LogP contribution in [0.5, 0.6) is 0 Å². The normalized spacial score (nSPS) is 19.9. The smallest absolute Gasteiger partial charge is 0.350 e. The number of rotatable bonds is 3. The molecule has 1 atom stereocenters. The van der Waals surface area contributed by atoms with Crippen LogP contribution in [0.4, 0.5) is 10.1 Å². The summed E-state index contributed by atoms with van der Waals surface area (Å²) in [6, 6.07) is 1.07. The average molecular weight is 432 g/mol. The van der Waals surface area contributed by atoms with E-state index in [-0.39, 0.29) is 46.0 Å². The van der Waals surface area contributed by atoms with E-state index in [0.29, 0.717) is 17.8 Å². The third-order valence-corrected chi connectivity index (χ3v) is 6.10. The molecule has 0 spiro atoms. The Labute approximate surface area is 172 Å². The Morgan fingerprint density at radius 2 is 1.89 bits per heavy atom. The van der Waals surface area contributed by atoms with Gasteiger partial charge in [0.2, 0.25) is 0 Å². The van der Waals surface area contributed by atoms with Gasteiger partial charge in [0.1, 0.15) is 5.82 Å². The molecule has 7 nitrogen and oxygen atoms in total. The van der Waals surface area contributed by atoms with Gasteiger partial charge in [-0.2, -0.15) is 4.68 Å². The van der Waals surface area contributed by atoms with Crippen molar-refractivity contribution < 1.29 is 4.39 Å². The Balaban J connectivity index is 0.00000225. The molecule has 2 aromatic rings.